The summed E-state index contributed by atoms with van der Waals surface area (Å²) in [5.41, 5.74) is 12.2. The summed E-state index contributed by atoms with van der Waals surface area (Å²) in [6, 6.07) is 7.18. The van der Waals surface area contributed by atoms with Crippen molar-refractivity contribution in [2.75, 3.05) is 0 Å². The fraction of sp³-hybridized carbons (Fsp3) is 0.302. The molecule has 0 heterocycles. The first-order valence-corrected chi connectivity index (χ1v) is 38.9. The molecule has 0 aliphatic heterocycles. The third kappa shape index (κ3) is 2.99. The van der Waals surface area contributed by atoms with Gasteiger partial charge in [-0.05, 0) is 440 Å². The second-order valence-electron chi connectivity index (χ2n) is 38.5. The minimum Gasteiger partial charge on any atom is -0.458 e. The van der Waals surface area contributed by atoms with Gasteiger partial charge in [-0.1, -0.05) is 71.6 Å². The molecule has 29 aromatic carbocycles. The van der Waals surface area contributed by atoms with Gasteiger partial charge in [0.05, 0.1) is 5.56 Å². The Morgan fingerprint density at radius 1 is 0.408 bits per heavy atom. The summed E-state index contributed by atoms with van der Waals surface area (Å²) in [7, 11) is 0. The van der Waals surface area contributed by atoms with Crippen LogP contribution in [0.5, 0.6) is 0 Å². The first-order chi connectivity index (χ1) is 48.1. The van der Waals surface area contributed by atoms with E-state index in [1.165, 1.54) is 62.5 Å². The third-order valence-corrected chi connectivity index (χ3v) is 36.6. The van der Waals surface area contributed by atoms with Gasteiger partial charge >= 0.3 is 5.97 Å². The molecule has 0 N–H and O–H groups in total. The number of fused-ring (bicyclic) bond motifs is 6. The van der Waals surface area contributed by atoms with Gasteiger partial charge in [0.1, 0.15) is 6.10 Å². The number of hydrogen-bond donors (Lipinski definition) is 0. The van der Waals surface area contributed by atoms with Crippen LogP contribution < -0.4 is 0 Å². The van der Waals surface area contributed by atoms with Crippen LogP contribution in [0.4, 0.5) is 0 Å². The Bertz CT molecular complexity index is 8420. The lowest BCUT2D eigenvalue weighted by atomic mass is 9.43. The van der Waals surface area contributed by atoms with Crippen LogP contribution in [0.15, 0.2) is 29.8 Å². The second-order valence-corrected chi connectivity index (χ2v) is 38.5. The van der Waals surface area contributed by atoms with Crippen LogP contribution in [0.3, 0.4) is 0 Å². The van der Waals surface area contributed by atoms with Crippen molar-refractivity contribution in [2.45, 2.75) is 135 Å². The van der Waals surface area contributed by atoms with E-state index in [0.29, 0.717) is 5.41 Å². The highest BCUT2D eigenvalue weighted by Gasteiger charge is 2.71. The molecule has 38 rings (SSSR count). The van der Waals surface area contributed by atoms with Crippen molar-refractivity contribution in [2.24, 2.45) is 46.3 Å². The Morgan fingerprint density at radius 3 is 1.13 bits per heavy atom. The van der Waals surface area contributed by atoms with E-state index in [9.17, 15) is 0 Å². The maximum absolute atomic E-state index is 15.6. The standard InChI is InChI=1S/C96H52O2/c1-23(2)7-6-8-24(3)31-13-14-32-30-12-11-28-20-29(15-17-93(28,4)33(30)16-18-94(31,32)5)98-92(97)25-9-10-26-21-95-88-80-72-62-52-44-36-34-35-38-42-40(36)48-56-50(42)60-54-46(38)47-39(35)43-41-37(34)45(44)53-59-49(41)57-51(43)61-55(47)65-64(54)74-68(60)78-70(56)76(66(72)58(48)52)84(88)86(78)90-82(74)83-75(65)69(61)79-71(57)77-67(59)73(63(53)62)81(80)89(95)85(77)87(79)91(83)96(90,95)22-27(26)19-25/h9-11,19,23-24,29-33H,6-8,12-18,20-22H2,1-5H3/t24-,29+,30+,31-,32+,33+,93+,94-,95?,96?/m1/s1. The lowest BCUT2D eigenvalue weighted by molar-refractivity contribution is -0.0594. The molecule has 8 atom stereocenters. The molecular formula is C96H52O2. The Balaban J connectivity index is 0.631. The molecule has 2 heteroatoms. The number of carbonyl (C=O) groups is 1. The average Bonchev–Trinajstić information content (AvgIpc) is 1.38. The lowest BCUT2D eigenvalue weighted by Crippen LogP contribution is -2.56. The molecule has 98 heavy (non-hydrogen) atoms. The van der Waals surface area contributed by atoms with Gasteiger partial charge in [-0.15, -0.1) is 0 Å². The normalized spacial score (nSPS) is 29.4. The molecule has 0 amide bonds. The number of carbonyl (C=O) groups excluding carboxylic acids is 1. The van der Waals surface area contributed by atoms with Crippen molar-refractivity contribution in [3.8, 4) is 0 Å². The monoisotopic (exact) mass is 1240 g/mol. The highest BCUT2D eigenvalue weighted by atomic mass is 16.5. The SMILES string of the molecule is CC(C)CCC[C@@H](C)[C@H]1CC[C@H]2[C@@H]3CC=C4C[C@@H](OC(=O)c5ccc6c(c5)CC57c8c9c%10c%11c%12c%13c(c%14c%15c5c5c8c8c%16c9c9c%10c%10c%12c%12c%17c%13c%13c%14c%14c%15c%15c5c5c8c8c%16c%16c9c9c%10c%12c%10c%12c%17c%13c%13c%14c%14c%15c5c5c8c8c%16c9c%10c9c%12c%13c%14c5c89)C%117C6)CC[C@]4(C)[C@H]3CC[C@]12C. The summed E-state index contributed by atoms with van der Waals surface area (Å²) >= 11 is 0. The molecule has 3 saturated carbocycles. The van der Waals surface area contributed by atoms with Crippen molar-refractivity contribution in [3.05, 3.63) is 68.8 Å². The number of benzene rings is 19. The molecular weight excluding hydrogens is 1190 g/mol. The molecule has 0 radical (unpaired) electrons. The molecule has 0 aromatic heterocycles. The Morgan fingerprint density at radius 2 is 0.765 bits per heavy atom. The predicted octanol–water partition coefficient (Wildman–Crippen LogP) is 25.7. The van der Waals surface area contributed by atoms with Gasteiger partial charge in [0.25, 0.3) is 0 Å². The van der Waals surface area contributed by atoms with Gasteiger partial charge in [0, 0.05) is 17.3 Å². The Hall–Kier alpha value is -9.11. The van der Waals surface area contributed by atoms with E-state index in [-0.39, 0.29) is 28.3 Å². The summed E-state index contributed by atoms with van der Waals surface area (Å²) in [5.74, 6) is 4.81. The fourth-order valence-electron chi connectivity index (χ4n) is 34.8. The number of esters is 1. The minimum atomic E-state index is -0.380. The van der Waals surface area contributed by atoms with Crippen LogP contribution in [-0.4, -0.2) is 12.1 Å². The van der Waals surface area contributed by atoms with Crippen molar-refractivity contribution in [1.82, 2.24) is 0 Å². The summed E-state index contributed by atoms with van der Waals surface area (Å²) < 4.78 is 7.03. The van der Waals surface area contributed by atoms with Gasteiger partial charge in [0.15, 0.2) is 0 Å². The zero-order valence-corrected chi connectivity index (χ0v) is 54.9. The van der Waals surface area contributed by atoms with Crippen molar-refractivity contribution in [1.29, 1.82) is 0 Å². The zero-order valence-electron chi connectivity index (χ0n) is 54.9. The number of ether oxygens (including phenoxy) is 1. The summed E-state index contributed by atoms with van der Waals surface area (Å²) in [5, 5.41) is 89.2. The van der Waals surface area contributed by atoms with Gasteiger partial charge in [0.2, 0.25) is 0 Å². The highest BCUT2D eigenvalue weighted by molar-refractivity contribution is 6.82. The van der Waals surface area contributed by atoms with E-state index in [4.69, 9.17) is 4.74 Å². The summed E-state index contributed by atoms with van der Waals surface area (Å²) in [6.07, 6.45) is 18.6. The smallest absolute Gasteiger partial charge is 0.338 e. The summed E-state index contributed by atoms with van der Waals surface area (Å²) in [6.45, 7) is 12.8. The van der Waals surface area contributed by atoms with Gasteiger partial charge < -0.3 is 4.74 Å². The summed E-state index contributed by atoms with van der Waals surface area (Å²) in [4.78, 5) is 15.6. The molecule has 9 aliphatic rings. The quantitative estimate of drug-likeness (QED) is 0.0903. The van der Waals surface area contributed by atoms with Crippen molar-refractivity contribution < 1.29 is 9.53 Å². The minimum absolute atomic E-state index is 0.0823. The van der Waals surface area contributed by atoms with E-state index in [1.807, 2.05) is 0 Å². The molecule has 448 valence electrons. The van der Waals surface area contributed by atoms with E-state index < -0.39 is 0 Å². The molecule has 3 fully saturated rings. The van der Waals surface area contributed by atoms with Gasteiger partial charge in [-0.3, -0.25) is 0 Å². The first kappa shape index (κ1) is 44.0. The van der Waals surface area contributed by atoms with Gasteiger partial charge in [-0.2, -0.15) is 0 Å². The van der Waals surface area contributed by atoms with Crippen LogP contribution in [-0.2, 0) is 28.4 Å². The maximum atomic E-state index is 15.6. The fourth-order valence-corrected chi connectivity index (χ4v) is 34.8. The maximum Gasteiger partial charge on any atom is 0.338 e. The first-order valence-electron chi connectivity index (χ1n) is 38.9. The van der Waals surface area contributed by atoms with Crippen molar-refractivity contribution in [3.63, 3.8) is 0 Å². The highest BCUT2D eigenvalue weighted by Crippen LogP contribution is 2.86. The van der Waals surface area contributed by atoms with Crippen LogP contribution in [0, 0.1) is 46.3 Å². The molecule has 0 unspecified atom stereocenters. The third-order valence-electron chi connectivity index (χ3n) is 36.6. The average molecular weight is 1240 g/mol. The predicted molar refractivity (Wildman–Crippen MR) is 410 cm³/mol. The Labute approximate surface area is 553 Å². The molecule has 2 nitrogen and oxygen atoms in total. The van der Waals surface area contributed by atoms with Crippen LogP contribution in [0.1, 0.15) is 149 Å². The van der Waals surface area contributed by atoms with E-state index >= 15 is 4.79 Å². The molecule has 0 saturated heterocycles. The Kier molecular flexibility index (Phi) is 5.05. The number of hydrogen-bond acceptors (Lipinski definition) is 2. The van der Waals surface area contributed by atoms with E-state index in [2.05, 4.69) is 58.9 Å². The molecule has 2 spiro atoms. The largest absolute Gasteiger partial charge is 0.458 e. The second kappa shape index (κ2) is 11.2. The lowest BCUT2D eigenvalue weighted by Gasteiger charge is -2.58. The zero-order chi connectivity index (χ0) is 61.1. The topological polar surface area (TPSA) is 26.3 Å². The molecule has 0 bridgehead atoms. The number of allylic oxidation sites excluding steroid dienone is 1. The van der Waals surface area contributed by atoms with Crippen molar-refractivity contribution >= 4 is 297 Å². The molecule has 29 aromatic rings. The van der Waals surface area contributed by atoms with E-state index in [0.717, 1.165) is 73.2 Å². The van der Waals surface area contributed by atoms with Crippen LogP contribution >= 0.6 is 0 Å². The molecule has 9 aliphatic carbocycles. The van der Waals surface area contributed by atoms with Crippen LogP contribution in [0.2, 0.25) is 0 Å². The number of rotatable bonds is 7. The van der Waals surface area contributed by atoms with E-state index in [1.54, 1.807) is 319 Å². The van der Waals surface area contributed by atoms with Crippen LogP contribution in [0.25, 0.3) is 291 Å². The van der Waals surface area contributed by atoms with Gasteiger partial charge in [-0.25, -0.2) is 4.79 Å².